The van der Waals surface area contributed by atoms with Crippen LogP contribution in [0.25, 0.3) is 0 Å². The minimum absolute atomic E-state index is 0.284. The van der Waals surface area contributed by atoms with Gasteiger partial charge in [-0.3, -0.25) is 0 Å². The van der Waals surface area contributed by atoms with Gasteiger partial charge in [0.1, 0.15) is 0 Å². The third-order valence-electron chi connectivity index (χ3n) is 4.30. The Labute approximate surface area is 161 Å². The first-order valence-corrected chi connectivity index (χ1v) is 9.24. The molecule has 0 spiro atoms. The molecule has 0 amide bonds. The topological polar surface area (TPSA) is 52.6 Å². The standard InChI is InChI=1S/C22H28NO4/c1-23(2,15-9-17-26-21(24)19-11-5-3-6-12-19)16-10-18-27-22(25)20-13-7-4-8-14-20/h3-8,11-14H,9-10,15-18H2,1-2H3/q+1. The van der Waals surface area contributed by atoms with E-state index in [1.807, 2.05) is 36.4 Å². The highest BCUT2D eigenvalue weighted by Crippen LogP contribution is 2.06. The van der Waals surface area contributed by atoms with E-state index < -0.39 is 0 Å². The molecule has 0 heterocycles. The monoisotopic (exact) mass is 370 g/mol. The number of carbonyl (C=O) groups is 2. The molecule has 2 aromatic rings. The summed E-state index contributed by atoms with van der Waals surface area (Å²) in [6, 6.07) is 18.0. The van der Waals surface area contributed by atoms with Crippen LogP contribution in [0.1, 0.15) is 33.6 Å². The average molecular weight is 370 g/mol. The molecule has 27 heavy (non-hydrogen) atoms. The zero-order valence-corrected chi connectivity index (χ0v) is 16.1. The van der Waals surface area contributed by atoms with Crippen LogP contribution in [0.2, 0.25) is 0 Å². The fourth-order valence-electron chi connectivity index (χ4n) is 2.74. The molecule has 0 aliphatic heterocycles. The number of hydrogen-bond donors (Lipinski definition) is 0. The summed E-state index contributed by atoms with van der Waals surface area (Å²) in [5, 5.41) is 0. The molecule has 0 aromatic heterocycles. The van der Waals surface area contributed by atoms with Crippen molar-refractivity contribution >= 4 is 11.9 Å². The lowest BCUT2D eigenvalue weighted by molar-refractivity contribution is -0.890. The molecule has 0 saturated carbocycles. The lowest BCUT2D eigenvalue weighted by Crippen LogP contribution is -2.42. The summed E-state index contributed by atoms with van der Waals surface area (Å²) in [6.45, 7) is 2.57. The second-order valence-electron chi connectivity index (χ2n) is 7.09. The largest absolute Gasteiger partial charge is 0.462 e. The van der Waals surface area contributed by atoms with Crippen LogP contribution < -0.4 is 0 Å². The fourth-order valence-corrected chi connectivity index (χ4v) is 2.74. The molecule has 0 aliphatic rings. The second-order valence-corrected chi connectivity index (χ2v) is 7.09. The molecular weight excluding hydrogens is 342 g/mol. The minimum atomic E-state index is -0.284. The van der Waals surface area contributed by atoms with E-state index in [1.165, 1.54) is 0 Å². The van der Waals surface area contributed by atoms with Crippen LogP contribution in [0, 0.1) is 0 Å². The summed E-state index contributed by atoms with van der Waals surface area (Å²) in [6.07, 6.45) is 1.57. The van der Waals surface area contributed by atoms with Crippen molar-refractivity contribution in [3.8, 4) is 0 Å². The van der Waals surface area contributed by atoms with Crippen molar-refractivity contribution in [2.45, 2.75) is 12.8 Å². The summed E-state index contributed by atoms with van der Waals surface area (Å²) in [5.74, 6) is -0.567. The third-order valence-corrected chi connectivity index (χ3v) is 4.30. The Kier molecular flexibility index (Phi) is 8.01. The predicted molar refractivity (Wildman–Crippen MR) is 105 cm³/mol. The molecule has 0 saturated heterocycles. The number of benzene rings is 2. The first kappa shape index (κ1) is 20.6. The van der Waals surface area contributed by atoms with Gasteiger partial charge in [-0.05, 0) is 24.3 Å². The summed E-state index contributed by atoms with van der Waals surface area (Å²) in [5.41, 5.74) is 1.15. The number of hydrogen-bond acceptors (Lipinski definition) is 4. The number of esters is 2. The Morgan fingerprint density at radius 1 is 0.704 bits per heavy atom. The van der Waals surface area contributed by atoms with Gasteiger partial charge in [-0.25, -0.2) is 9.59 Å². The molecule has 0 atom stereocenters. The zero-order valence-electron chi connectivity index (χ0n) is 16.1. The number of quaternary nitrogens is 1. The van der Waals surface area contributed by atoms with E-state index in [0.717, 1.165) is 30.4 Å². The normalized spacial score (nSPS) is 11.0. The quantitative estimate of drug-likeness (QED) is 0.365. The molecule has 5 nitrogen and oxygen atoms in total. The molecule has 0 unspecified atom stereocenters. The van der Waals surface area contributed by atoms with Gasteiger partial charge in [0.15, 0.2) is 0 Å². The Morgan fingerprint density at radius 3 is 1.44 bits per heavy atom. The summed E-state index contributed by atoms with van der Waals surface area (Å²) >= 11 is 0. The molecule has 5 heteroatoms. The molecule has 2 rings (SSSR count). The van der Waals surface area contributed by atoms with Crippen molar-refractivity contribution in [1.29, 1.82) is 0 Å². The number of carbonyl (C=O) groups excluding carboxylic acids is 2. The van der Waals surface area contributed by atoms with Crippen LogP contribution in [0.5, 0.6) is 0 Å². The highest BCUT2D eigenvalue weighted by molar-refractivity contribution is 5.89. The van der Waals surface area contributed by atoms with Crippen molar-refractivity contribution in [3.05, 3.63) is 71.8 Å². The highest BCUT2D eigenvalue weighted by atomic mass is 16.5. The minimum Gasteiger partial charge on any atom is -0.462 e. The Hall–Kier alpha value is -2.66. The maximum atomic E-state index is 11.9. The SMILES string of the molecule is C[N+](C)(CCCOC(=O)c1ccccc1)CCCOC(=O)c1ccccc1. The van der Waals surface area contributed by atoms with Gasteiger partial charge >= 0.3 is 11.9 Å². The van der Waals surface area contributed by atoms with Gasteiger partial charge in [-0.15, -0.1) is 0 Å². The first-order chi connectivity index (χ1) is 13.0. The van der Waals surface area contributed by atoms with Crippen LogP contribution in [0.15, 0.2) is 60.7 Å². The van der Waals surface area contributed by atoms with Gasteiger partial charge in [0, 0.05) is 12.8 Å². The van der Waals surface area contributed by atoms with Crippen molar-refractivity contribution in [2.24, 2.45) is 0 Å². The van der Waals surface area contributed by atoms with Gasteiger partial charge < -0.3 is 14.0 Å². The summed E-state index contributed by atoms with van der Waals surface area (Å²) < 4.78 is 11.4. The van der Waals surface area contributed by atoms with Gasteiger partial charge in [-0.2, -0.15) is 0 Å². The van der Waals surface area contributed by atoms with Crippen molar-refractivity contribution in [1.82, 2.24) is 0 Å². The van der Waals surface area contributed by atoms with Crippen molar-refractivity contribution in [3.63, 3.8) is 0 Å². The number of ether oxygens (including phenoxy) is 2. The molecule has 0 bridgehead atoms. The molecule has 2 aromatic carbocycles. The molecular formula is C22H28NO4+. The van der Waals surface area contributed by atoms with Gasteiger partial charge in [0.25, 0.3) is 0 Å². The molecule has 144 valence electrons. The zero-order chi connectivity index (χ0) is 19.5. The highest BCUT2D eigenvalue weighted by Gasteiger charge is 2.16. The van der Waals surface area contributed by atoms with E-state index in [0.29, 0.717) is 24.3 Å². The van der Waals surface area contributed by atoms with E-state index in [9.17, 15) is 9.59 Å². The van der Waals surface area contributed by atoms with Crippen LogP contribution in [0.3, 0.4) is 0 Å². The van der Waals surface area contributed by atoms with E-state index in [4.69, 9.17) is 9.47 Å². The Bertz CT molecular complexity index is 652. The van der Waals surface area contributed by atoms with Gasteiger partial charge in [0.05, 0.1) is 51.5 Å². The number of rotatable bonds is 10. The predicted octanol–water partition coefficient (Wildman–Crippen LogP) is 3.56. The van der Waals surface area contributed by atoms with E-state index in [1.54, 1.807) is 24.3 Å². The molecule has 0 radical (unpaired) electrons. The van der Waals surface area contributed by atoms with Crippen LogP contribution >= 0.6 is 0 Å². The average Bonchev–Trinajstić information content (AvgIpc) is 2.69. The van der Waals surface area contributed by atoms with Gasteiger partial charge in [0.2, 0.25) is 0 Å². The summed E-state index contributed by atoms with van der Waals surface area (Å²) in [4.78, 5) is 23.8. The molecule has 0 N–H and O–H groups in total. The lowest BCUT2D eigenvalue weighted by atomic mass is 10.2. The molecule has 0 fully saturated rings. The van der Waals surface area contributed by atoms with Crippen molar-refractivity contribution < 1.29 is 23.5 Å². The summed E-state index contributed by atoms with van der Waals surface area (Å²) in [7, 11) is 4.25. The molecule has 0 aliphatic carbocycles. The second kappa shape index (κ2) is 10.5. The van der Waals surface area contributed by atoms with E-state index in [2.05, 4.69) is 14.1 Å². The van der Waals surface area contributed by atoms with Crippen LogP contribution in [-0.2, 0) is 9.47 Å². The van der Waals surface area contributed by atoms with Crippen molar-refractivity contribution in [2.75, 3.05) is 40.4 Å². The van der Waals surface area contributed by atoms with Gasteiger partial charge in [-0.1, -0.05) is 36.4 Å². The first-order valence-electron chi connectivity index (χ1n) is 9.24. The van der Waals surface area contributed by atoms with E-state index in [-0.39, 0.29) is 11.9 Å². The van der Waals surface area contributed by atoms with E-state index >= 15 is 0 Å². The maximum Gasteiger partial charge on any atom is 0.338 e. The third kappa shape index (κ3) is 7.62. The fraction of sp³-hybridized carbons (Fsp3) is 0.364. The lowest BCUT2D eigenvalue weighted by Gasteiger charge is -2.29. The van der Waals surface area contributed by atoms with Crippen LogP contribution in [0.4, 0.5) is 0 Å². The van der Waals surface area contributed by atoms with Crippen LogP contribution in [-0.4, -0.2) is 56.8 Å². The Morgan fingerprint density at radius 2 is 1.07 bits per heavy atom. The maximum absolute atomic E-state index is 11.9. The smallest absolute Gasteiger partial charge is 0.338 e. The Balaban J connectivity index is 1.59. The number of nitrogens with zero attached hydrogens (tertiary/aromatic N) is 1.